The van der Waals surface area contributed by atoms with Crippen molar-refractivity contribution >= 4 is 6.03 Å². The van der Waals surface area contributed by atoms with Gasteiger partial charge in [-0.2, -0.15) is 4.68 Å². The van der Waals surface area contributed by atoms with Crippen molar-refractivity contribution < 1.29 is 4.79 Å². The molecule has 0 aliphatic heterocycles. The van der Waals surface area contributed by atoms with Gasteiger partial charge in [0, 0.05) is 5.54 Å². The fraction of sp³-hybridized carbons (Fsp3) is 0.727. The Balaban J connectivity index is 3.02. The van der Waals surface area contributed by atoms with E-state index >= 15 is 0 Å². The second kappa shape index (κ2) is 5.24. The van der Waals surface area contributed by atoms with Gasteiger partial charge in [-0.3, -0.25) is 0 Å². The number of carbonyl (C=O) groups excluding carboxylic acids is 1. The van der Waals surface area contributed by atoms with E-state index in [1.165, 1.54) is 0 Å². The predicted molar refractivity (Wildman–Crippen MR) is 68.9 cm³/mol. The molecule has 0 spiro atoms. The van der Waals surface area contributed by atoms with E-state index in [1.54, 1.807) is 6.92 Å². The quantitative estimate of drug-likeness (QED) is 0.770. The van der Waals surface area contributed by atoms with Gasteiger partial charge in [0.25, 0.3) is 0 Å². The van der Waals surface area contributed by atoms with Crippen molar-refractivity contribution in [1.82, 2.24) is 19.8 Å². The number of aryl methyl sites for hydroxylation is 1. The Morgan fingerprint density at radius 2 is 1.83 bits per heavy atom. The third-order valence-corrected chi connectivity index (χ3v) is 3.58. The molecule has 0 unspecified atom stereocenters. The minimum Gasteiger partial charge on any atom is -0.333 e. The number of aromatic nitrogens is 3. The number of hydrogen-bond acceptors (Lipinski definition) is 4. The van der Waals surface area contributed by atoms with Gasteiger partial charge in [-0.05, 0) is 26.2 Å². The largest absolute Gasteiger partial charge is 0.373 e. The van der Waals surface area contributed by atoms with E-state index in [-0.39, 0.29) is 5.54 Å². The van der Waals surface area contributed by atoms with Gasteiger partial charge >= 0.3 is 11.7 Å². The molecule has 1 rings (SSSR count). The summed E-state index contributed by atoms with van der Waals surface area (Å²) in [5.74, 6) is 5.74. The third kappa shape index (κ3) is 2.39. The molecule has 0 saturated heterocycles. The van der Waals surface area contributed by atoms with Crippen LogP contribution in [-0.4, -0.2) is 26.0 Å². The lowest BCUT2D eigenvalue weighted by atomic mass is 9.90. The first-order valence-corrected chi connectivity index (χ1v) is 6.17. The molecule has 1 heterocycles. The highest BCUT2D eigenvalue weighted by molar-refractivity contribution is 5.76. The van der Waals surface area contributed by atoms with E-state index in [4.69, 9.17) is 5.84 Å². The molecule has 0 bridgehead atoms. The summed E-state index contributed by atoms with van der Waals surface area (Å²) in [6.07, 6.45) is 2.38. The lowest BCUT2D eigenvalue weighted by Gasteiger charge is -2.31. The molecule has 0 saturated carbocycles. The molecule has 0 radical (unpaired) electrons. The summed E-state index contributed by atoms with van der Waals surface area (Å²) in [6, 6.07) is -0.530. The Kier molecular flexibility index (Phi) is 4.15. The van der Waals surface area contributed by atoms with E-state index in [9.17, 15) is 9.59 Å². The molecule has 0 aliphatic carbocycles. The Bertz CT molecular complexity index is 476. The van der Waals surface area contributed by atoms with E-state index in [0.717, 1.165) is 28.6 Å². The van der Waals surface area contributed by atoms with Gasteiger partial charge in [0.15, 0.2) is 5.82 Å². The van der Waals surface area contributed by atoms with Crippen LogP contribution in [0.25, 0.3) is 0 Å². The molecule has 0 aliphatic rings. The molecule has 1 amide bonds. The minimum atomic E-state index is -0.637. The molecule has 18 heavy (non-hydrogen) atoms. The average Bonchev–Trinajstić information content (AvgIpc) is 2.64. The molecule has 1 aromatic rings. The van der Waals surface area contributed by atoms with Crippen LogP contribution in [0.5, 0.6) is 0 Å². The maximum Gasteiger partial charge on any atom is 0.373 e. The van der Waals surface area contributed by atoms with Crippen molar-refractivity contribution in [3.63, 3.8) is 0 Å². The summed E-state index contributed by atoms with van der Waals surface area (Å²) in [5.41, 5.74) is -0.940. The lowest BCUT2D eigenvalue weighted by molar-refractivity contribution is 0.215. The summed E-state index contributed by atoms with van der Waals surface area (Å²) in [5, 5.41) is 6.70. The number of nitrogens with zero attached hydrogens (tertiary/aromatic N) is 3. The van der Waals surface area contributed by atoms with Crippen molar-refractivity contribution in [3.8, 4) is 0 Å². The van der Waals surface area contributed by atoms with Gasteiger partial charge in [-0.15, -0.1) is 9.78 Å². The monoisotopic (exact) mass is 255 g/mol. The van der Waals surface area contributed by atoms with Crippen LogP contribution in [0.3, 0.4) is 0 Å². The van der Waals surface area contributed by atoms with Crippen molar-refractivity contribution in [3.05, 3.63) is 16.3 Å². The summed E-state index contributed by atoms with van der Waals surface area (Å²) < 4.78 is 1.62. The lowest BCUT2D eigenvalue weighted by Crippen LogP contribution is -2.51. The van der Waals surface area contributed by atoms with E-state index in [0.29, 0.717) is 5.82 Å². The Labute approximate surface area is 106 Å². The number of hydrogen-bond donors (Lipinski definition) is 2. The Hall–Kier alpha value is -1.79. The van der Waals surface area contributed by atoms with Crippen LogP contribution in [0.15, 0.2) is 4.79 Å². The van der Waals surface area contributed by atoms with Crippen LogP contribution in [0.4, 0.5) is 4.79 Å². The van der Waals surface area contributed by atoms with E-state index < -0.39 is 11.7 Å². The van der Waals surface area contributed by atoms with Gasteiger partial charge in [0.2, 0.25) is 0 Å². The van der Waals surface area contributed by atoms with Crippen molar-refractivity contribution in [2.75, 3.05) is 5.84 Å². The number of nitrogens with two attached hydrogens (primary N) is 1. The van der Waals surface area contributed by atoms with Crippen molar-refractivity contribution in [2.24, 2.45) is 0 Å². The Morgan fingerprint density at radius 3 is 2.17 bits per heavy atom. The number of amides is 1. The van der Waals surface area contributed by atoms with Gasteiger partial charge in [0.05, 0.1) is 0 Å². The first-order valence-electron chi connectivity index (χ1n) is 6.17. The van der Waals surface area contributed by atoms with Crippen LogP contribution in [0.1, 0.15) is 45.9 Å². The molecular formula is C11H21N5O2. The van der Waals surface area contributed by atoms with Gasteiger partial charge in [-0.25, -0.2) is 9.59 Å². The van der Waals surface area contributed by atoms with Crippen LogP contribution >= 0.6 is 0 Å². The van der Waals surface area contributed by atoms with Crippen LogP contribution < -0.4 is 16.8 Å². The zero-order valence-corrected chi connectivity index (χ0v) is 11.4. The molecule has 102 valence electrons. The number of rotatable bonds is 4. The van der Waals surface area contributed by atoms with Crippen LogP contribution in [-0.2, 0) is 0 Å². The summed E-state index contributed by atoms with van der Waals surface area (Å²) in [6.45, 7) is 7.58. The smallest absolute Gasteiger partial charge is 0.333 e. The minimum absolute atomic E-state index is 0.297. The third-order valence-electron chi connectivity index (χ3n) is 3.58. The highest BCUT2D eigenvalue weighted by atomic mass is 16.2. The second-order valence-corrected chi connectivity index (χ2v) is 4.38. The molecule has 3 N–H and O–H groups in total. The highest BCUT2D eigenvalue weighted by Crippen LogP contribution is 2.19. The molecule has 0 atom stereocenters. The maximum absolute atomic E-state index is 12.0. The predicted octanol–water partition coefficient (Wildman–Crippen LogP) is 0.594. The first-order chi connectivity index (χ1) is 8.40. The van der Waals surface area contributed by atoms with Crippen LogP contribution in [0, 0.1) is 6.92 Å². The number of nitrogens with one attached hydrogen (secondary N) is 1. The second-order valence-electron chi connectivity index (χ2n) is 4.38. The molecule has 7 nitrogen and oxygen atoms in total. The average molecular weight is 255 g/mol. The summed E-state index contributed by atoms with van der Waals surface area (Å²) >= 11 is 0. The number of carbonyl (C=O) groups is 1. The SMILES string of the molecule is CCC(CC)(CC)NC(=O)n1nc(C)n(N)c1=O. The normalized spacial score (nSPS) is 11.6. The highest BCUT2D eigenvalue weighted by Gasteiger charge is 2.28. The zero-order valence-electron chi connectivity index (χ0n) is 11.4. The van der Waals surface area contributed by atoms with Crippen molar-refractivity contribution in [1.29, 1.82) is 0 Å². The molecule has 7 heteroatoms. The molecule has 0 aromatic carbocycles. The summed E-state index contributed by atoms with van der Waals surface area (Å²) in [7, 11) is 0. The van der Waals surface area contributed by atoms with Gasteiger partial charge < -0.3 is 11.2 Å². The van der Waals surface area contributed by atoms with Crippen LogP contribution in [0.2, 0.25) is 0 Å². The maximum atomic E-state index is 12.0. The van der Waals surface area contributed by atoms with E-state index in [2.05, 4.69) is 10.4 Å². The first kappa shape index (κ1) is 14.3. The Morgan fingerprint density at radius 1 is 1.33 bits per heavy atom. The summed E-state index contributed by atoms with van der Waals surface area (Å²) in [4.78, 5) is 23.7. The fourth-order valence-corrected chi connectivity index (χ4v) is 1.90. The van der Waals surface area contributed by atoms with E-state index in [1.807, 2.05) is 20.8 Å². The molecule has 1 aromatic heterocycles. The number of nitrogen functional groups attached to an aromatic ring is 1. The fourth-order valence-electron chi connectivity index (χ4n) is 1.90. The molecular weight excluding hydrogens is 234 g/mol. The standard InChI is InChI=1S/C11H21N5O2/c1-5-11(6-2,7-3)13-9(17)16-10(18)15(12)8(4)14-16/h5-7,12H2,1-4H3,(H,13,17). The van der Waals surface area contributed by atoms with Gasteiger partial charge in [0.1, 0.15) is 0 Å². The van der Waals surface area contributed by atoms with Gasteiger partial charge in [-0.1, -0.05) is 20.8 Å². The molecule has 0 fully saturated rings. The van der Waals surface area contributed by atoms with Crippen molar-refractivity contribution in [2.45, 2.75) is 52.5 Å². The topological polar surface area (TPSA) is 94.9 Å². The zero-order chi connectivity index (χ0) is 13.9.